The SMILES string of the molecule is O=C(CC(CCn1nnc2ccccc2c1=O)C(=O)O)c1ccc(OCc2ccc(C(F)(F)F)nc2)cc1. The molecule has 0 aliphatic carbocycles. The lowest BCUT2D eigenvalue weighted by Gasteiger charge is -2.13. The molecule has 2 aromatic heterocycles. The van der Waals surface area contributed by atoms with Gasteiger partial charge in [-0.25, -0.2) is 4.68 Å². The second kappa shape index (κ2) is 11.2. The van der Waals surface area contributed by atoms with Gasteiger partial charge in [0.25, 0.3) is 5.56 Å². The van der Waals surface area contributed by atoms with Crippen molar-refractivity contribution >= 4 is 22.7 Å². The highest BCUT2D eigenvalue weighted by Crippen LogP contribution is 2.27. The molecule has 0 aliphatic heterocycles. The third-order valence-electron chi connectivity index (χ3n) is 5.80. The van der Waals surface area contributed by atoms with Gasteiger partial charge in [0.1, 0.15) is 23.6 Å². The standard InChI is InChI=1S/C26H21F3N4O5/c27-26(28,29)23-10-5-16(14-30-23)15-38-19-8-6-17(7-9-19)22(34)13-18(25(36)37)11-12-33-24(35)20-3-1-2-4-21(20)31-32-33/h1-10,14,18H,11-13,15H2,(H,36,37). The summed E-state index contributed by atoms with van der Waals surface area (Å²) in [7, 11) is 0. The molecule has 1 unspecified atom stereocenters. The van der Waals surface area contributed by atoms with Crippen molar-refractivity contribution in [1.82, 2.24) is 20.0 Å². The monoisotopic (exact) mass is 526 g/mol. The molecule has 0 bridgehead atoms. The van der Waals surface area contributed by atoms with E-state index in [0.717, 1.165) is 16.9 Å². The molecular weight excluding hydrogens is 505 g/mol. The zero-order chi connectivity index (χ0) is 27.3. The number of pyridine rings is 1. The van der Waals surface area contributed by atoms with Gasteiger partial charge in [0.2, 0.25) is 0 Å². The number of fused-ring (bicyclic) bond motifs is 1. The van der Waals surface area contributed by atoms with E-state index in [1.807, 2.05) is 0 Å². The maximum Gasteiger partial charge on any atom is 0.433 e. The van der Waals surface area contributed by atoms with Crippen LogP contribution < -0.4 is 10.3 Å². The summed E-state index contributed by atoms with van der Waals surface area (Å²) in [5.41, 5.74) is -0.267. The molecule has 12 heteroatoms. The number of carbonyl (C=O) groups is 2. The van der Waals surface area contributed by atoms with Crippen molar-refractivity contribution in [3.8, 4) is 5.75 Å². The number of hydrogen-bond donors (Lipinski definition) is 1. The molecule has 9 nitrogen and oxygen atoms in total. The van der Waals surface area contributed by atoms with Crippen LogP contribution >= 0.6 is 0 Å². The Morgan fingerprint density at radius 1 is 1.03 bits per heavy atom. The van der Waals surface area contributed by atoms with E-state index in [4.69, 9.17) is 4.74 Å². The number of carboxylic acids is 1. The molecular formula is C26H21F3N4O5. The first-order chi connectivity index (χ1) is 18.1. The zero-order valence-corrected chi connectivity index (χ0v) is 19.8. The van der Waals surface area contributed by atoms with Crippen molar-refractivity contribution in [3.63, 3.8) is 0 Å². The first-order valence-corrected chi connectivity index (χ1v) is 11.5. The van der Waals surface area contributed by atoms with E-state index in [9.17, 15) is 32.7 Å². The van der Waals surface area contributed by atoms with Crippen LogP contribution in [0.25, 0.3) is 10.9 Å². The normalized spacial score (nSPS) is 12.3. The summed E-state index contributed by atoms with van der Waals surface area (Å²) in [6.07, 6.45) is -3.74. The van der Waals surface area contributed by atoms with Crippen LogP contribution in [0.5, 0.6) is 5.75 Å². The van der Waals surface area contributed by atoms with E-state index in [0.29, 0.717) is 22.2 Å². The Kier molecular flexibility index (Phi) is 7.79. The van der Waals surface area contributed by atoms with Crippen LogP contribution in [-0.2, 0) is 24.1 Å². The van der Waals surface area contributed by atoms with Gasteiger partial charge in [-0.15, -0.1) is 5.10 Å². The number of nitrogens with zero attached hydrogens (tertiary/aromatic N) is 4. The maximum atomic E-state index is 12.7. The summed E-state index contributed by atoms with van der Waals surface area (Å²) >= 11 is 0. The summed E-state index contributed by atoms with van der Waals surface area (Å²) in [6, 6.07) is 14.7. The molecule has 0 aliphatic rings. The van der Waals surface area contributed by atoms with Crippen molar-refractivity contribution in [1.29, 1.82) is 0 Å². The quantitative estimate of drug-likeness (QED) is 0.306. The maximum absolute atomic E-state index is 12.7. The molecule has 0 radical (unpaired) electrons. The highest BCUT2D eigenvalue weighted by atomic mass is 19.4. The Bertz CT molecular complexity index is 1500. The van der Waals surface area contributed by atoms with Crippen LogP contribution in [0, 0.1) is 5.92 Å². The third kappa shape index (κ3) is 6.38. The number of ketones is 1. The largest absolute Gasteiger partial charge is 0.489 e. The van der Waals surface area contributed by atoms with Crippen LogP contribution in [0.2, 0.25) is 0 Å². The lowest BCUT2D eigenvalue weighted by molar-refractivity contribution is -0.142. The van der Waals surface area contributed by atoms with E-state index in [-0.39, 0.29) is 31.6 Å². The number of hydrogen-bond acceptors (Lipinski definition) is 7. The number of Topliss-reactive ketones (excluding diaryl/α,β-unsaturated/α-hetero) is 1. The molecule has 2 heterocycles. The number of aryl methyl sites for hydroxylation is 1. The molecule has 0 spiro atoms. The molecule has 196 valence electrons. The fraction of sp³-hybridized carbons (Fsp3) is 0.231. The number of alkyl halides is 3. The van der Waals surface area contributed by atoms with E-state index < -0.39 is 35.1 Å². The van der Waals surface area contributed by atoms with Crippen LogP contribution in [0.4, 0.5) is 13.2 Å². The number of carboxylic acid groups (broad SMARTS) is 1. The summed E-state index contributed by atoms with van der Waals surface area (Å²) in [5.74, 6) is -2.27. The smallest absolute Gasteiger partial charge is 0.433 e. The highest BCUT2D eigenvalue weighted by Gasteiger charge is 2.32. The van der Waals surface area contributed by atoms with Gasteiger partial charge in [-0.2, -0.15) is 13.2 Å². The van der Waals surface area contributed by atoms with Gasteiger partial charge in [-0.05, 0) is 48.9 Å². The number of rotatable bonds is 10. The summed E-state index contributed by atoms with van der Waals surface area (Å²) in [4.78, 5) is 40.4. The molecule has 0 amide bonds. The number of benzene rings is 2. The van der Waals surface area contributed by atoms with Gasteiger partial charge in [0.05, 0.1) is 11.3 Å². The Hall–Kier alpha value is -4.61. The summed E-state index contributed by atoms with van der Waals surface area (Å²) in [6.45, 7) is -0.0525. The van der Waals surface area contributed by atoms with E-state index in [2.05, 4.69) is 15.3 Å². The minimum atomic E-state index is -4.52. The van der Waals surface area contributed by atoms with Gasteiger partial charge < -0.3 is 9.84 Å². The van der Waals surface area contributed by atoms with Gasteiger partial charge in [-0.3, -0.25) is 19.4 Å². The Morgan fingerprint density at radius 3 is 2.42 bits per heavy atom. The highest BCUT2D eigenvalue weighted by molar-refractivity contribution is 5.98. The number of aromatic nitrogens is 4. The third-order valence-corrected chi connectivity index (χ3v) is 5.80. The second-order valence-electron chi connectivity index (χ2n) is 8.45. The van der Waals surface area contributed by atoms with Crippen LogP contribution in [0.1, 0.15) is 34.5 Å². The minimum Gasteiger partial charge on any atom is -0.489 e. The zero-order valence-electron chi connectivity index (χ0n) is 19.8. The lowest BCUT2D eigenvalue weighted by Crippen LogP contribution is -2.27. The van der Waals surface area contributed by atoms with Crippen molar-refractivity contribution in [3.05, 3.63) is 94.0 Å². The predicted molar refractivity (Wildman–Crippen MR) is 129 cm³/mol. The van der Waals surface area contributed by atoms with Gasteiger partial charge in [0, 0.05) is 30.3 Å². The number of halogens is 3. The summed E-state index contributed by atoms with van der Waals surface area (Å²) < 4.78 is 44.4. The topological polar surface area (TPSA) is 124 Å². The van der Waals surface area contributed by atoms with E-state index in [1.54, 1.807) is 24.3 Å². The Balaban J connectivity index is 1.34. The Labute approximate surface area is 213 Å². The van der Waals surface area contributed by atoms with Crippen molar-refractivity contribution in [2.24, 2.45) is 5.92 Å². The van der Waals surface area contributed by atoms with E-state index in [1.165, 1.54) is 30.3 Å². The van der Waals surface area contributed by atoms with Crippen LogP contribution in [0.15, 0.2) is 71.7 Å². The average molecular weight is 526 g/mol. The van der Waals surface area contributed by atoms with Gasteiger partial charge in [0.15, 0.2) is 5.78 Å². The van der Waals surface area contributed by atoms with Crippen LogP contribution in [0.3, 0.4) is 0 Å². The molecule has 0 fully saturated rings. The molecule has 2 aromatic carbocycles. The molecule has 38 heavy (non-hydrogen) atoms. The average Bonchev–Trinajstić information content (AvgIpc) is 2.90. The molecule has 1 atom stereocenters. The first-order valence-electron chi connectivity index (χ1n) is 11.5. The van der Waals surface area contributed by atoms with Crippen molar-refractivity contribution < 1.29 is 32.6 Å². The molecule has 4 aromatic rings. The van der Waals surface area contributed by atoms with Gasteiger partial charge in [-0.1, -0.05) is 23.4 Å². The van der Waals surface area contributed by atoms with Crippen molar-refractivity contribution in [2.75, 3.05) is 0 Å². The number of carbonyl (C=O) groups excluding carboxylic acids is 1. The molecule has 1 N–H and O–H groups in total. The van der Waals surface area contributed by atoms with Crippen LogP contribution in [-0.4, -0.2) is 36.8 Å². The minimum absolute atomic E-state index is 0.00361. The lowest BCUT2D eigenvalue weighted by atomic mass is 9.95. The molecule has 0 saturated heterocycles. The van der Waals surface area contributed by atoms with E-state index >= 15 is 0 Å². The number of ether oxygens (including phenoxy) is 1. The number of aliphatic carboxylic acids is 1. The predicted octanol–water partition coefficient (Wildman–Crippen LogP) is 4.15. The fourth-order valence-corrected chi connectivity index (χ4v) is 3.68. The van der Waals surface area contributed by atoms with Crippen molar-refractivity contribution in [2.45, 2.75) is 32.2 Å². The molecule has 4 rings (SSSR count). The summed E-state index contributed by atoms with van der Waals surface area (Å²) in [5, 5.41) is 17.8. The molecule has 0 saturated carbocycles. The Morgan fingerprint density at radius 2 is 1.76 bits per heavy atom. The fourth-order valence-electron chi connectivity index (χ4n) is 3.68. The second-order valence-corrected chi connectivity index (χ2v) is 8.45. The van der Waals surface area contributed by atoms with Gasteiger partial charge >= 0.3 is 12.1 Å². The first kappa shape index (κ1) is 26.5.